The first kappa shape index (κ1) is 8.99. The minimum Gasteiger partial charge on any atom is -0.368 e. The molecule has 5 heteroatoms. The van der Waals surface area contributed by atoms with E-state index in [0.29, 0.717) is 19.4 Å². The van der Waals surface area contributed by atoms with E-state index in [-0.39, 0.29) is 18.5 Å². The van der Waals surface area contributed by atoms with Crippen molar-refractivity contribution in [3.05, 3.63) is 0 Å². The number of primary amides is 1. The second-order valence-electron chi connectivity index (χ2n) is 3.04. The molecule has 5 nitrogen and oxygen atoms in total. The highest BCUT2D eigenvalue weighted by atomic mass is 16.2. The lowest BCUT2D eigenvalue weighted by atomic mass is 10.1. The number of nitrogens with zero attached hydrogens (tertiary/aromatic N) is 1. The molecule has 0 saturated carbocycles. The quantitative estimate of drug-likeness (QED) is 0.525. The van der Waals surface area contributed by atoms with Crippen LogP contribution in [0.15, 0.2) is 0 Å². The maximum absolute atomic E-state index is 11.1. The van der Waals surface area contributed by atoms with Crippen LogP contribution in [0.1, 0.15) is 12.8 Å². The summed E-state index contributed by atoms with van der Waals surface area (Å²) in [5, 5.41) is 0. The standard InChI is InChI=1S/C7H13N3O2/c8-5-1-2-7(12)10(3-5)4-6(9)11/h5H,1-4,8H2,(H2,9,11). The molecule has 1 heterocycles. The van der Waals surface area contributed by atoms with Crippen molar-refractivity contribution in [2.24, 2.45) is 11.5 Å². The summed E-state index contributed by atoms with van der Waals surface area (Å²) in [7, 11) is 0. The smallest absolute Gasteiger partial charge is 0.237 e. The number of carbonyl (C=O) groups excluding carboxylic acids is 2. The van der Waals surface area contributed by atoms with Gasteiger partial charge in [-0.05, 0) is 6.42 Å². The highest BCUT2D eigenvalue weighted by Crippen LogP contribution is 2.08. The molecular weight excluding hydrogens is 158 g/mol. The monoisotopic (exact) mass is 171 g/mol. The molecule has 0 bridgehead atoms. The zero-order chi connectivity index (χ0) is 9.14. The Bertz CT molecular complexity index is 205. The van der Waals surface area contributed by atoms with Crippen LogP contribution in [0.3, 0.4) is 0 Å². The van der Waals surface area contributed by atoms with Crippen molar-refractivity contribution >= 4 is 11.8 Å². The molecule has 1 fully saturated rings. The van der Waals surface area contributed by atoms with Gasteiger partial charge in [0.1, 0.15) is 0 Å². The van der Waals surface area contributed by atoms with Gasteiger partial charge in [0.25, 0.3) is 0 Å². The summed E-state index contributed by atoms with van der Waals surface area (Å²) < 4.78 is 0. The molecule has 1 aliphatic rings. The first-order chi connectivity index (χ1) is 5.59. The molecule has 0 aromatic carbocycles. The molecule has 1 aliphatic heterocycles. The minimum absolute atomic E-state index is 0.00741. The molecule has 0 aromatic heterocycles. The third kappa shape index (κ3) is 2.20. The van der Waals surface area contributed by atoms with Gasteiger partial charge in [0.05, 0.1) is 6.54 Å². The Labute approximate surface area is 70.7 Å². The number of rotatable bonds is 2. The predicted octanol–water partition coefficient (Wildman–Crippen LogP) is -1.58. The number of amides is 2. The third-order valence-corrected chi connectivity index (χ3v) is 1.88. The predicted molar refractivity (Wildman–Crippen MR) is 43.0 cm³/mol. The van der Waals surface area contributed by atoms with Crippen molar-refractivity contribution in [3.8, 4) is 0 Å². The Morgan fingerprint density at radius 3 is 2.92 bits per heavy atom. The molecule has 1 atom stereocenters. The average Bonchev–Trinajstić information content (AvgIpc) is 1.96. The fraction of sp³-hybridized carbons (Fsp3) is 0.714. The summed E-state index contributed by atoms with van der Waals surface area (Å²) in [6, 6.07) is -0.0120. The van der Waals surface area contributed by atoms with Crippen LogP contribution in [0.2, 0.25) is 0 Å². The molecule has 1 saturated heterocycles. The summed E-state index contributed by atoms with van der Waals surface area (Å²) in [4.78, 5) is 23.1. The van der Waals surface area contributed by atoms with Gasteiger partial charge in [-0.1, -0.05) is 0 Å². The van der Waals surface area contributed by atoms with E-state index >= 15 is 0 Å². The number of hydrogen-bond acceptors (Lipinski definition) is 3. The van der Waals surface area contributed by atoms with E-state index in [1.165, 1.54) is 4.90 Å². The molecule has 68 valence electrons. The minimum atomic E-state index is -0.488. The highest BCUT2D eigenvalue weighted by Gasteiger charge is 2.23. The van der Waals surface area contributed by atoms with Crippen molar-refractivity contribution in [2.75, 3.05) is 13.1 Å². The molecule has 0 radical (unpaired) electrons. The Morgan fingerprint density at radius 1 is 1.67 bits per heavy atom. The topological polar surface area (TPSA) is 89.4 Å². The fourth-order valence-electron chi connectivity index (χ4n) is 1.28. The SMILES string of the molecule is NC(=O)CN1CC(N)CCC1=O. The van der Waals surface area contributed by atoms with Crippen molar-refractivity contribution in [1.82, 2.24) is 4.90 Å². The lowest BCUT2D eigenvalue weighted by Crippen LogP contribution is -2.49. The van der Waals surface area contributed by atoms with Gasteiger partial charge >= 0.3 is 0 Å². The molecule has 4 N–H and O–H groups in total. The van der Waals surface area contributed by atoms with E-state index in [1.54, 1.807) is 0 Å². The van der Waals surface area contributed by atoms with Crippen LogP contribution in [0.5, 0.6) is 0 Å². The van der Waals surface area contributed by atoms with E-state index in [2.05, 4.69) is 0 Å². The second-order valence-corrected chi connectivity index (χ2v) is 3.04. The lowest BCUT2D eigenvalue weighted by molar-refractivity contribution is -0.137. The molecule has 2 amide bonds. The second kappa shape index (κ2) is 3.53. The number of carbonyl (C=O) groups is 2. The van der Waals surface area contributed by atoms with Crippen LogP contribution in [0, 0.1) is 0 Å². The van der Waals surface area contributed by atoms with E-state index in [4.69, 9.17) is 11.5 Å². The molecule has 0 aliphatic carbocycles. The van der Waals surface area contributed by atoms with Gasteiger partial charge in [-0.15, -0.1) is 0 Å². The number of nitrogens with two attached hydrogens (primary N) is 2. The van der Waals surface area contributed by atoms with Crippen molar-refractivity contribution in [2.45, 2.75) is 18.9 Å². The van der Waals surface area contributed by atoms with Gasteiger partial charge in [-0.3, -0.25) is 9.59 Å². The fourth-order valence-corrected chi connectivity index (χ4v) is 1.28. The maximum Gasteiger partial charge on any atom is 0.237 e. The molecule has 1 rings (SSSR count). The molecule has 0 spiro atoms. The number of likely N-dealkylation sites (tertiary alicyclic amines) is 1. The first-order valence-corrected chi connectivity index (χ1v) is 3.91. The summed E-state index contributed by atoms with van der Waals surface area (Å²) in [5.74, 6) is -0.520. The zero-order valence-corrected chi connectivity index (χ0v) is 6.82. The third-order valence-electron chi connectivity index (χ3n) is 1.88. The van der Waals surface area contributed by atoms with Crippen LogP contribution in [0.25, 0.3) is 0 Å². The average molecular weight is 171 g/mol. The lowest BCUT2D eigenvalue weighted by Gasteiger charge is -2.29. The molecule has 0 aromatic rings. The van der Waals surface area contributed by atoms with Gasteiger partial charge < -0.3 is 16.4 Å². The Morgan fingerprint density at radius 2 is 2.33 bits per heavy atom. The molecule has 1 unspecified atom stereocenters. The summed E-state index contributed by atoms with van der Waals surface area (Å²) >= 11 is 0. The Hall–Kier alpha value is -1.10. The first-order valence-electron chi connectivity index (χ1n) is 3.91. The largest absolute Gasteiger partial charge is 0.368 e. The van der Waals surface area contributed by atoms with E-state index < -0.39 is 5.91 Å². The van der Waals surface area contributed by atoms with Crippen molar-refractivity contribution in [1.29, 1.82) is 0 Å². The van der Waals surface area contributed by atoms with E-state index in [9.17, 15) is 9.59 Å². The summed E-state index contributed by atoms with van der Waals surface area (Å²) in [6.45, 7) is 0.439. The van der Waals surface area contributed by atoms with Gasteiger partial charge in [0.2, 0.25) is 11.8 Å². The van der Waals surface area contributed by atoms with Gasteiger partial charge in [0, 0.05) is 19.0 Å². The summed E-state index contributed by atoms with van der Waals surface area (Å²) in [5.41, 5.74) is 10.6. The Kier molecular flexibility index (Phi) is 2.65. The molecule has 12 heavy (non-hydrogen) atoms. The van der Waals surface area contributed by atoms with Crippen LogP contribution in [0.4, 0.5) is 0 Å². The van der Waals surface area contributed by atoms with Gasteiger partial charge in [0.15, 0.2) is 0 Å². The Balaban J connectivity index is 2.49. The van der Waals surface area contributed by atoms with Crippen LogP contribution in [-0.4, -0.2) is 35.8 Å². The van der Waals surface area contributed by atoms with E-state index in [1.807, 2.05) is 0 Å². The highest BCUT2D eigenvalue weighted by molar-refractivity contribution is 5.84. The molecular formula is C7H13N3O2. The number of hydrogen-bond donors (Lipinski definition) is 2. The summed E-state index contributed by atoms with van der Waals surface area (Å²) in [6.07, 6.45) is 1.13. The van der Waals surface area contributed by atoms with Crippen molar-refractivity contribution < 1.29 is 9.59 Å². The van der Waals surface area contributed by atoms with E-state index in [0.717, 1.165) is 0 Å². The van der Waals surface area contributed by atoms with Crippen LogP contribution in [-0.2, 0) is 9.59 Å². The van der Waals surface area contributed by atoms with Gasteiger partial charge in [-0.2, -0.15) is 0 Å². The number of piperidine rings is 1. The normalized spacial score (nSPS) is 24.2. The van der Waals surface area contributed by atoms with Crippen molar-refractivity contribution in [3.63, 3.8) is 0 Å². The zero-order valence-electron chi connectivity index (χ0n) is 6.82. The van der Waals surface area contributed by atoms with Gasteiger partial charge in [-0.25, -0.2) is 0 Å². The van der Waals surface area contributed by atoms with Crippen LogP contribution < -0.4 is 11.5 Å². The maximum atomic E-state index is 11.1. The van der Waals surface area contributed by atoms with Crippen LogP contribution >= 0.6 is 0 Å².